The van der Waals surface area contributed by atoms with Gasteiger partial charge in [0.25, 0.3) is 0 Å². The van der Waals surface area contributed by atoms with Gasteiger partial charge >= 0.3 is 0 Å². The van der Waals surface area contributed by atoms with Crippen LogP contribution in [-0.2, 0) is 4.79 Å². The molecule has 2 aliphatic carbocycles. The zero-order chi connectivity index (χ0) is 8.29. The van der Waals surface area contributed by atoms with Crippen molar-refractivity contribution in [2.45, 2.75) is 18.9 Å². The summed E-state index contributed by atoms with van der Waals surface area (Å²) in [7, 11) is 0. The van der Waals surface area contributed by atoms with E-state index in [1.165, 1.54) is 6.42 Å². The number of hydrogen-bond acceptors (Lipinski definition) is 2. The van der Waals surface area contributed by atoms with Crippen LogP contribution in [0.15, 0.2) is 0 Å². The van der Waals surface area contributed by atoms with Crippen molar-refractivity contribution in [1.29, 1.82) is 0 Å². The van der Waals surface area contributed by atoms with Crippen LogP contribution in [0, 0.1) is 23.7 Å². The molecule has 1 amide bonds. The average molecular weight is 167 g/mol. The molecule has 2 bridgehead atoms. The molecule has 3 fully saturated rings. The summed E-state index contributed by atoms with van der Waals surface area (Å²) in [4.78, 5) is 11.4. The maximum Gasteiger partial charge on any atom is 0.224 e. The first-order chi connectivity index (χ1) is 5.81. The van der Waals surface area contributed by atoms with Gasteiger partial charge in [-0.25, -0.2) is 0 Å². The van der Waals surface area contributed by atoms with E-state index in [1.54, 1.807) is 0 Å². The number of nitrogens with one attached hydrogen (secondary N) is 1. The molecule has 2 N–H and O–H groups in total. The van der Waals surface area contributed by atoms with Crippen molar-refractivity contribution in [2.75, 3.05) is 6.61 Å². The molecule has 1 saturated heterocycles. The van der Waals surface area contributed by atoms with Crippen molar-refractivity contribution in [1.82, 2.24) is 5.32 Å². The molecular formula is C9H13NO2. The van der Waals surface area contributed by atoms with E-state index in [9.17, 15) is 4.79 Å². The summed E-state index contributed by atoms with van der Waals surface area (Å²) in [6.45, 7) is 0.200. The summed E-state index contributed by atoms with van der Waals surface area (Å²) in [5, 5.41) is 12.2. The Balaban J connectivity index is 1.98. The van der Waals surface area contributed by atoms with E-state index >= 15 is 0 Å². The summed E-state index contributed by atoms with van der Waals surface area (Å²) >= 11 is 0. The SMILES string of the molecule is O=C1N[C@H]2C[C@@H]3C[C@@H]2[C@H]1[C@H]3CO. The third-order valence-corrected chi connectivity index (χ3v) is 4.02. The number of aliphatic hydroxyl groups excluding tert-OH is 1. The molecule has 2 saturated carbocycles. The van der Waals surface area contributed by atoms with Crippen LogP contribution in [0.5, 0.6) is 0 Å². The standard InChI is InChI=1S/C9H13NO2/c11-3-6-4-1-5-7(2-4)10-9(12)8(5)6/h4-8,11H,1-3H2,(H,10,12)/t4-,5-,6-,7-,8-/m0/s1. The van der Waals surface area contributed by atoms with Crippen LogP contribution in [0.3, 0.4) is 0 Å². The summed E-state index contributed by atoms with van der Waals surface area (Å²) in [6.07, 6.45) is 2.28. The summed E-state index contributed by atoms with van der Waals surface area (Å²) in [5.74, 6) is 1.80. The van der Waals surface area contributed by atoms with Crippen LogP contribution < -0.4 is 5.32 Å². The molecule has 1 aliphatic heterocycles. The molecule has 0 spiro atoms. The van der Waals surface area contributed by atoms with Gasteiger partial charge in [0.2, 0.25) is 5.91 Å². The number of amides is 1. The highest BCUT2D eigenvalue weighted by molar-refractivity contribution is 5.83. The van der Waals surface area contributed by atoms with Crippen LogP contribution >= 0.6 is 0 Å². The first-order valence-electron chi connectivity index (χ1n) is 4.72. The third kappa shape index (κ3) is 0.600. The van der Waals surface area contributed by atoms with Crippen LogP contribution in [0.4, 0.5) is 0 Å². The largest absolute Gasteiger partial charge is 0.396 e. The van der Waals surface area contributed by atoms with Crippen LogP contribution in [0.2, 0.25) is 0 Å². The lowest BCUT2D eigenvalue weighted by atomic mass is 9.80. The van der Waals surface area contributed by atoms with Crippen molar-refractivity contribution in [3.05, 3.63) is 0 Å². The number of carbonyl (C=O) groups excluding carboxylic acids is 1. The lowest BCUT2D eigenvalue weighted by Crippen LogP contribution is -2.28. The summed E-state index contributed by atoms with van der Waals surface area (Å²) < 4.78 is 0. The lowest BCUT2D eigenvalue weighted by Gasteiger charge is -2.23. The van der Waals surface area contributed by atoms with Gasteiger partial charge in [-0.15, -0.1) is 0 Å². The maximum absolute atomic E-state index is 11.4. The average Bonchev–Trinajstić information content (AvgIpc) is 2.61. The summed E-state index contributed by atoms with van der Waals surface area (Å²) in [5.41, 5.74) is 0. The zero-order valence-corrected chi connectivity index (χ0v) is 6.86. The van der Waals surface area contributed by atoms with Gasteiger partial charge in [0, 0.05) is 18.6 Å². The monoisotopic (exact) mass is 167 g/mol. The lowest BCUT2D eigenvalue weighted by molar-refractivity contribution is -0.124. The van der Waals surface area contributed by atoms with Gasteiger partial charge in [0.05, 0.1) is 0 Å². The first kappa shape index (κ1) is 6.89. The summed E-state index contributed by atoms with van der Waals surface area (Å²) in [6, 6.07) is 0.454. The Labute approximate surface area is 71.1 Å². The molecule has 0 aromatic heterocycles. The molecular weight excluding hydrogens is 154 g/mol. The van der Waals surface area contributed by atoms with Gasteiger partial charge in [-0.3, -0.25) is 4.79 Å². The molecule has 3 aliphatic rings. The Morgan fingerprint density at radius 1 is 1.50 bits per heavy atom. The minimum atomic E-state index is 0.152. The number of aliphatic hydroxyl groups is 1. The van der Waals surface area contributed by atoms with E-state index in [-0.39, 0.29) is 24.3 Å². The highest BCUT2D eigenvalue weighted by Crippen LogP contribution is 2.55. The van der Waals surface area contributed by atoms with Crippen molar-refractivity contribution >= 4 is 5.91 Å². The minimum absolute atomic E-state index is 0.152. The fourth-order valence-electron chi connectivity index (χ4n) is 3.56. The zero-order valence-electron chi connectivity index (χ0n) is 6.86. The van der Waals surface area contributed by atoms with E-state index in [1.807, 2.05) is 0 Å². The normalized spacial score (nSPS) is 54.8. The minimum Gasteiger partial charge on any atom is -0.396 e. The maximum atomic E-state index is 11.4. The van der Waals surface area contributed by atoms with Gasteiger partial charge in [-0.05, 0) is 30.6 Å². The smallest absolute Gasteiger partial charge is 0.224 e. The second-order valence-corrected chi connectivity index (χ2v) is 4.38. The van der Waals surface area contributed by atoms with Crippen molar-refractivity contribution < 1.29 is 9.90 Å². The third-order valence-electron chi connectivity index (χ3n) is 4.02. The van der Waals surface area contributed by atoms with Gasteiger partial charge in [0.15, 0.2) is 0 Å². The van der Waals surface area contributed by atoms with E-state index in [2.05, 4.69) is 5.32 Å². The molecule has 0 aromatic rings. The van der Waals surface area contributed by atoms with E-state index in [0.717, 1.165) is 6.42 Å². The molecule has 3 rings (SSSR count). The van der Waals surface area contributed by atoms with Gasteiger partial charge in [-0.1, -0.05) is 0 Å². The van der Waals surface area contributed by atoms with Gasteiger partial charge < -0.3 is 10.4 Å². The van der Waals surface area contributed by atoms with Crippen molar-refractivity contribution in [3.8, 4) is 0 Å². The van der Waals surface area contributed by atoms with Crippen molar-refractivity contribution in [3.63, 3.8) is 0 Å². The Morgan fingerprint density at radius 2 is 2.33 bits per heavy atom. The molecule has 1 heterocycles. The quantitative estimate of drug-likeness (QED) is 0.565. The molecule has 5 atom stereocenters. The molecule has 12 heavy (non-hydrogen) atoms. The Morgan fingerprint density at radius 3 is 3.08 bits per heavy atom. The topological polar surface area (TPSA) is 49.3 Å². The van der Waals surface area contributed by atoms with E-state index < -0.39 is 0 Å². The molecule has 0 radical (unpaired) electrons. The Bertz CT molecular complexity index is 239. The van der Waals surface area contributed by atoms with Crippen molar-refractivity contribution in [2.24, 2.45) is 23.7 Å². The molecule has 3 nitrogen and oxygen atoms in total. The van der Waals surface area contributed by atoms with Gasteiger partial charge in [0.1, 0.15) is 0 Å². The number of rotatable bonds is 1. The highest BCUT2D eigenvalue weighted by atomic mass is 16.3. The first-order valence-corrected chi connectivity index (χ1v) is 4.72. The molecule has 0 aromatic carbocycles. The van der Waals surface area contributed by atoms with Crippen LogP contribution in [0.25, 0.3) is 0 Å². The number of hydrogen-bond donors (Lipinski definition) is 2. The second-order valence-electron chi connectivity index (χ2n) is 4.38. The second kappa shape index (κ2) is 2.02. The highest BCUT2D eigenvalue weighted by Gasteiger charge is 2.59. The fraction of sp³-hybridized carbons (Fsp3) is 0.889. The molecule has 66 valence electrons. The molecule has 3 heteroatoms. The molecule has 0 unspecified atom stereocenters. The number of fused-ring (bicyclic) bond motifs is 1. The van der Waals surface area contributed by atoms with E-state index in [0.29, 0.717) is 17.9 Å². The predicted octanol–water partition coefficient (Wildman–Crippen LogP) is -0.251. The Kier molecular flexibility index (Phi) is 1.16. The number of carbonyl (C=O) groups is 1. The van der Waals surface area contributed by atoms with Gasteiger partial charge in [-0.2, -0.15) is 0 Å². The van der Waals surface area contributed by atoms with Crippen LogP contribution in [0.1, 0.15) is 12.8 Å². The van der Waals surface area contributed by atoms with E-state index in [4.69, 9.17) is 5.11 Å². The van der Waals surface area contributed by atoms with Crippen LogP contribution in [-0.4, -0.2) is 23.7 Å². The predicted molar refractivity (Wildman–Crippen MR) is 42.2 cm³/mol. The fourth-order valence-corrected chi connectivity index (χ4v) is 3.56. The Hall–Kier alpha value is -0.570.